The van der Waals surface area contributed by atoms with Gasteiger partial charge in [0.1, 0.15) is 0 Å². The van der Waals surface area contributed by atoms with Gasteiger partial charge < -0.3 is 10.1 Å². The van der Waals surface area contributed by atoms with Gasteiger partial charge in [-0.3, -0.25) is 0 Å². The van der Waals surface area contributed by atoms with Crippen LogP contribution in [0.5, 0.6) is 0 Å². The lowest BCUT2D eigenvalue weighted by molar-refractivity contribution is -0.114. The highest BCUT2D eigenvalue weighted by molar-refractivity contribution is 5.18. The van der Waals surface area contributed by atoms with E-state index >= 15 is 0 Å². The number of benzene rings is 2. The molecule has 1 aliphatic rings. The Morgan fingerprint density at radius 1 is 1.08 bits per heavy atom. The lowest BCUT2D eigenvalue weighted by Gasteiger charge is -2.38. The topological polar surface area (TPSA) is 21.3 Å². The zero-order valence-corrected chi connectivity index (χ0v) is 14.5. The summed E-state index contributed by atoms with van der Waals surface area (Å²) < 4.78 is 33.7. The van der Waals surface area contributed by atoms with E-state index in [4.69, 9.17) is 4.74 Å². The quantitative estimate of drug-likeness (QED) is 0.785. The number of hydrogen-bond acceptors (Lipinski definition) is 2. The minimum atomic E-state index is -2.64. The molecule has 0 saturated heterocycles. The van der Waals surface area contributed by atoms with E-state index in [0.29, 0.717) is 13.0 Å². The van der Waals surface area contributed by atoms with Crippen LogP contribution in [0.4, 0.5) is 8.78 Å². The minimum Gasteiger partial charge on any atom is -0.372 e. The van der Waals surface area contributed by atoms with E-state index in [1.165, 1.54) is 0 Å². The van der Waals surface area contributed by atoms with Gasteiger partial charge in [0.05, 0.1) is 12.7 Å². The molecule has 2 aromatic carbocycles. The normalized spacial score (nSPS) is 24.0. The molecular formula is C21H25F2NO. The Hall–Kier alpha value is -1.78. The van der Waals surface area contributed by atoms with Crippen molar-refractivity contribution in [3.63, 3.8) is 0 Å². The molecule has 1 saturated carbocycles. The fourth-order valence-corrected chi connectivity index (χ4v) is 3.39. The molecule has 3 atom stereocenters. The Bertz CT molecular complexity index is 647. The van der Waals surface area contributed by atoms with Crippen molar-refractivity contribution in [3.8, 4) is 0 Å². The summed E-state index contributed by atoms with van der Waals surface area (Å²) in [5.74, 6) is -2.64. The zero-order valence-electron chi connectivity index (χ0n) is 14.5. The Morgan fingerprint density at radius 3 is 2.40 bits per heavy atom. The van der Waals surface area contributed by atoms with E-state index in [2.05, 4.69) is 24.4 Å². The number of rotatable bonds is 6. The number of nitrogens with one attached hydrogen (secondary N) is 1. The summed E-state index contributed by atoms with van der Waals surface area (Å²) in [7, 11) is 0. The predicted molar refractivity (Wildman–Crippen MR) is 95.6 cm³/mol. The molecule has 0 radical (unpaired) electrons. The molecule has 0 aromatic heterocycles. The van der Waals surface area contributed by atoms with E-state index in [-0.39, 0.29) is 24.9 Å². The number of alkyl halides is 2. The van der Waals surface area contributed by atoms with Gasteiger partial charge in [-0.25, -0.2) is 8.78 Å². The van der Waals surface area contributed by atoms with Crippen LogP contribution in [0.2, 0.25) is 0 Å². The minimum absolute atomic E-state index is 0.0708. The number of hydrogen-bond donors (Lipinski definition) is 1. The first-order valence-corrected chi connectivity index (χ1v) is 8.88. The number of ether oxygens (including phenoxy) is 1. The summed E-state index contributed by atoms with van der Waals surface area (Å²) in [5, 5.41) is 3.50. The molecule has 25 heavy (non-hydrogen) atoms. The average molecular weight is 345 g/mol. The smallest absolute Gasteiger partial charge is 0.250 e. The van der Waals surface area contributed by atoms with Crippen molar-refractivity contribution in [1.82, 2.24) is 5.32 Å². The molecule has 1 aliphatic carbocycles. The van der Waals surface area contributed by atoms with Gasteiger partial charge >= 0.3 is 0 Å². The van der Waals surface area contributed by atoms with Gasteiger partial charge in [0.2, 0.25) is 0 Å². The summed E-state index contributed by atoms with van der Waals surface area (Å²) in [6.45, 7) is 2.43. The van der Waals surface area contributed by atoms with E-state index in [9.17, 15) is 8.78 Å². The molecule has 0 spiro atoms. The average Bonchev–Trinajstić information content (AvgIpc) is 2.63. The van der Waals surface area contributed by atoms with E-state index in [0.717, 1.165) is 11.1 Å². The van der Waals surface area contributed by atoms with Crippen LogP contribution in [0.3, 0.4) is 0 Å². The summed E-state index contributed by atoms with van der Waals surface area (Å²) in [6, 6.07) is 19.8. The van der Waals surface area contributed by atoms with Crippen molar-refractivity contribution < 1.29 is 13.5 Å². The van der Waals surface area contributed by atoms with Gasteiger partial charge in [-0.05, 0) is 24.5 Å². The maximum Gasteiger partial charge on any atom is 0.250 e. The maximum absolute atomic E-state index is 13.9. The highest BCUT2D eigenvalue weighted by Gasteiger charge is 2.42. The summed E-state index contributed by atoms with van der Waals surface area (Å²) in [6.07, 6.45) is -0.380. The first-order valence-electron chi connectivity index (χ1n) is 8.88. The SMILES string of the molecule is C[C@H](N[C@H]1CCC(F)(F)CC1OCc1ccccc1)c1ccccc1. The van der Waals surface area contributed by atoms with Crippen molar-refractivity contribution >= 4 is 0 Å². The van der Waals surface area contributed by atoms with Crippen LogP contribution in [-0.2, 0) is 11.3 Å². The second kappa shape index (κ2) is 8.07. The van der Waals surface area contributed by atoms with Crippen molar-refractivity contribution in [3.05, 3.63) is 71.8 Å². The van der Waals surface area contributed by atoms with Gasteiger partial charge in [0, 0.05) is 24.9 Å². The van der Waals surface area contributed by atoms with Crippen molar-refractivity contribution in [1.29, 1.82) is 0 Å². The van der Waals surface area contributed by atoms with Gasteiger partial charge in [0.15, 0.2) is 0 Å². The maximum atomic E-state index is 13.9. The second-order valence-electron chi connectivity index (χ2n) is 6.84. The lowest BCUT2D eigenvalue weighted by atomic mass is 9.88. The molecule has 134 valence electrons. The van der Waals surface area contributed by atoms with Crippen LogP contribution in [0.15, 0.2) is 60.7 Å². The highest BCUT2D eigenvalue weighted by atomic mass is 19.3. The second-order valence-corrected chi connectivity index (χ2v) is 6.84. The Morgan fingerprint density at radius 2 is 1.72 bits per heavy atom. The van der Waals surface area contributed by atoms with Crippen molar-refractivity contribution in [2.75, 3.05) is 0 Å². The standard InChI is InChI=1S/C21H25F2NO/c1-16(18-10-6-3-7-11-18)24-19-12-13-21(22,23)14-20(19)25-15-17-8-4-2-5-9-17/h2-11,16,19-20,24H,12-15H2,1H3/t16-,19-,20?/m0/s1. The van der Waals surface area contributed by atoms with Gasteiger partial charge in [-0.2, -0.15) is 0 Å². The van der Waals surface area contributed by atoms with Crippen LogP contribution in [0.1, 0.15) is 43.4 Å². The molecule has 1 unspecified atom stereocenters. The van der Waals surface area contributed by atoms with Crippen LogP contribution in [0.25, 0.3) is 0 Å². The zero-order chi connectivity index (χ0) is 17.7. The van der Waals surface area contributed by atoms with Gasteiger partial charge in [0.25, 0.3) is 5.92 Å². The van der Waals surface area contributed by atoms with Crippen molar-refractivity contribution in [2.24, 2.45) is 0 Å². The Labute approximate surface area is 148 Å². The van der Waals surface area contributed by atoms with E-state index in [1.54, 1.807) is 0 Å². The van der Waals surface area contributed by atoms with E-state index in [1.807, 2.05) is 48.5 Å². The van der Waals surface area contributed by atoms with E-state index < -0.39 is 12.0 Å². The monoisotopic (exact) mass is 345 g/mol. The number of halogens is 2. The molecule has 1 fully saturated rings. The molecule has 0 heterocycles. The van der Waals surface area contributed by atoms with Crippen molar-refractivity contribution in [2.45, 2.75) is 56.9 Å². The largest absolute Gasteiger partial charge is 0.372 e. The molecule has 0 amide bonds. The lowest BCUT2D eigenvalue weighted by Crippen LogP contribution is -2.49. The Kier molecular flexibility index (Phi) is 5.82. The van der Waals surface area contributed by atoms with Crippen LogP contribution < -0.4 is 5.32 Å². The molecule has 1 N–H and O–H groups in total. The first kappa shape index (κ1) is 18.0. The molecule has 2 nitrogen and oxygen atoms in total. The van der Waals surface area contributed by atoms with Crippen LogP contribution in [-0.4, -0.2) is 18.1 Å². The first-order chi connectivity index (χ1) is 12.0. The molecule has 0 bridgehead atoms. The fraction of sp³-hybridized carbons (Fsp3) is 0.429. The Balaban J connectivity index is 1.65. The highest BCUT2D eigenvalue weighted by Crippen LogP contribution is 2.36. The molecule has 4 heteroatoms. The van der Waals surface area contributed by atoms with Gasteiger partial charge in [-0.15, -0.1) is 0 Å². The third kappa shape index (κ3) is 5.10. The summed E-state index contributed by atoms with van der Waals surface area (Å²) in [4.78, 5) is 0. The van der Waals surface area contributed by atoms with Crippen LogP contribution in [0, 0.1) is 0 Å². The fourth-order valence-electron chi connectivity index (χ4n) is 3.39. The van der Waals surface area contributed by atoms with Gasteiger partial charge in [-0.1, -0.05) is 60.7 Å². The molecule has 2 aromatic rings. The predicted octanol–water partition coefficient (Wildman–Crippen LogP) is 5.11. The summed E-state index contributed by atoms with van der Waals surface area (Å²) in [5.41, 5.74) is 2.16. The molecule has 0 aliphatic heterocycles. The molecular weight excluding hydrogens is 320 g/mol. The third-order valence-corrected chi connectivity index (χ3v) is 4.84. The molecule has 3 rings (SSSR count). The third-order valence-electron chi connectivity index (χ3n) is 4.84. The van der Waals surface area contributed by atoms with Crippen LogP contribution >= 0.6 is 0 Å². The summed E-state index contributed by atoms with van der Waals surface area (Å²) >= 11 is 0.